The minimum absolute atomic E-state index is 0.102. The number of esters is 4. The molecule has 0 spiro atoms. The first-order valence-electron chi connectivity index (χ1n) is 37.2. The maximum atomic E-state index is 13.0. The number of aliphatic hydroxyl groups excluding tert-OH is 1. The maximum absolute atomic E-state index is 13.0. The van der Waals surface area contributed by atoms with Crippen molar-refractivity contribution in [2.24, 2.45) is 23.7 Å². The smallest absolute Gasteiger partial charge is 0.462 e. The Bertz CT molecular complexity index is 1800. The number of hydrogen-bond donors (Lipinski definition) is 3. The van der Waals surface area contributed by atoms with Crippen molar-refractivity contribution in [1.29, 1.82) is 0 Å². The van der Waals surface area contributed by atoms with Gasteiger partial charge >= 0.3 is 39.5 Å². The van der Waals surface area contributed by atoms with E-state index in [1.807, 2.05) is 0 Å². The van der Waals surface area contributed by atoms with Crippen molar-refractivity contribution in [2.45, 2.75) is 375 Å². The van der Waals surface area contributed by atoms with Gasteiger partial charge in [0.15, 0.2) is 12.2 Å². The highest BCUT2D eigenvalue weighted by atomic mass is 31.2. The Kier molecular flexibility index (Phi) is 60.3. The van der Waals surface area contributed by atoms with Crippen LogP contribution in [0.3, 0.4) is 0 Å². The van der Waals surface area contributed by atoms with Crippen molar-refractivity contribution < 1.29 is 80.2 Å². The zero-order valence-corrected chi connectivity index (χ0v) is 61.3. The van der Waals surface area contributed by atoms with Gasteiger partial charge in [-0.1, -0.05) is 306 Å². The lowest BCUT2D eigenvalue weighted by molar-refractivity contribution is -0.161. The van der Waals surface area contributed by atoms with E-state index in [0.29, 0.717) is 37.5 Å². The van der Waals surface area contributed by atoms with E-state index in [0.717, 1.165) is 108 Å². The first kappa shape index (κ1) is 89.1. The molecular formula is C72H140O17P2. The number of aliphatic hydroxyl groups is 1. The molecule has 0 saturated heterocycles. The third-order valence-corrected chi connectivity index (χ3v) is 18.8. The van der Waals surface area contributed by atoms with Crippen LogP contribution in [0.5, 0.6) is 0 Å². The summed E-state index contributed by atoms with van der Waals surface area (Å²) in [7, 11) is -9.90. The van der Waals surface area contributed by atoms with Crippen LogP contribution in [0.2, 0.25) is 0 Å². The molecule has 0 fully saturated rings. The fraction of sp³-hybridized carbons (Fsp3) is 0.944. The molecule has 0 aliphatic rings. The molecule has 0 amide bonds. The number of ether oxygens (including phenoxy) is 4. The number of hydrogen-bond acceptors (Lipinski definition) is 15. The first-order chi connectivity index (χ1) is 43.6. The number of unbranched alkanes of at least 4 members (excludes halogenated alkanes) is 34. The molecule has 17 nitrogen and oxygen atoms in total. The molecule has 0 radical (unpaired) electrons. The third-order valence-electron chi connectivity index (χ3n) is 16.9. The first-order valence-corrected chi connectivity index (χ1v) is 40.2. The van der Waals surface area contributed by atoms with E-state index in [1.165, 1.54) is 154 Å². The molecule has 0 bridgehead atoms. The second-order valence-corrected chi connectivity index (χ2v) is 30.6. The molecule has 0 heterocycles. The van der Waals surface area contributed by atoms with E-state index >= 15 is 0 Å². The minimum Gasteiger partial charge on any atom is -0.462 e. The Balaban J connectivity index is 5.22. The lowest BCUT2D eigenvalue weighted by Gasteiger charge is -2.21. The summed E-state index contributed by atoms with van der Waals surface area (Å²) in [5.41, 5.74) is 0. The van der Waals surface area contributed by atoms with Crippen molar-refractivity contribution in [3.8, 4) is 0 Å². The number of carbonyl (C=O) groups excluding carboxylic acids is 4. The fourth-order valence-corrected chi connectivity index (χ4v) is 12.4. The molecule has 540 valence electrons. The minimum atomic E-state index is -4.95. The van der Waals surface area contributed by atoms with Gasteiger partial charge in [-0.05, 0) is 49.4 Å². The standard InChI is InChI=1S/C72H140O17P2/c1-9-65(8)51-43-35-27-19-14-12-10-11-13-15-20-28-36-44-52-69(74)82-58-67(88-71(76)54-46-38-29-21-17-16-18-24-32-40-48-62(2)3)60-86-90(78,79)84-56-66(73)57-85-91(80,81)87-61-68(89-72(77)55-47-39-31-23-26-34-42-50-64(6)7)59-83-70(75)53-45-37-30-22-25-33-41-49-63(4)5/h62-68,73H,9-61H2,1-8H3,(H,78,79)(H,80,81)/t65?,66?,67-,68-/m1/s1. The number of phosphoric acid groups is 2. The zero-order chi connectivity index (χ0) is 67.5. The van der Waals surface area contributed by atoms with Crippen LogP contribution in [0.1, 0.15) is 357 Å². The van der Waals surface area contributed by atoms with Crippen LogP contribution in [-0.4, -0.2) is 96.7 Å². The Morgan fingerprint density at radius 1 is 0.308 bits per heavy atom. The van der Waals surface area contributed by atoms with Crippen molar-refractivity contribution in [1.82, 2.24) is 0 Å². The molecule has 0 aromatic rings. The predicted molar refractivity (Wildman–Crippen MR) is 367 cm³/mol. The second kappa shape index (κ2) is 61.6. The second-order valence-electron chi connectivity index (χ2n) is 27.6. The van der Waals surface area contributed by atoms with E-state index in [1.54, 1.807) is 0 Å². The Hall–Kier alpha value is -1.94. The average molecular weight is 1340 g/mol. The Morgan fingerprint density at radius 2 is 0.527 bits per heavy atom. The van der Waals surface area contributed by atoms with Gasteiger partial charge in [-0.15, -0.1) is 0 Å². The summed E-state index contributed by atoms with van der Waals surface area (Å²) in [5, 5.41) is 10.6. The quantitative estimate of drug-likeness (QED) is 0.0222. The molecule has 0 aliphatic heterocycles. The van der Waals surface area contributed by atoms with Crippen LogP contribution >= 0.6 is 15.6 Å². The fourth-order valence-electron chi connectivity index (χ4n) is 10.8. The summed E-state index contributed by atoms with van der Waals surface area (Å²) in [6, 6.07) is 0. The molecule has 4 unspecified atom stereocenters. The van der Waals surface area contributed by atoms with Gasteiger partial charge < -0.3 is 33.8 Å². The summed E-state index contributed by atoms with van der Waals surface area (Å²) in [5.74, 6) is 0.873. The zero-order valence-electron chi connectivity index (χ0n) is 59.5. The Labute approximate surface area is 556 Å². The van der Waals surface area contributed by atoms with E-state index < -0.39 is 97.5 Å². The largest absolute Gasteiger partial charge is 0.472 e. The van der Waals surface area contributed by atoms with Crippen LogP contribution in [-0.2, 0) is 65.4 Å². The third kappa shape index (κ3) is 65.1. The molecule has 0 aromatic heterocycles. The summed E-state index contributed by atoms with van der Waals surface area (Å²) in [4.78, 5) is 72.6. The molecule has 0 saturated carbocycles. The number of rotatable bonds is 69. The normalized spacial score (nSPS) is 14.5. The van der Waals surface area contributed by atoms with Crippen LogP contribution in [0.15, 0.2) is 0 Å². The Morgan fingerprint density at radius 3 is 0.780 bits per heavy atom. The summed E-state index contributed by atoms with van der Waals surface area (Å²) in [6.45, 7) is 14.1. The highest BCUT2D eigenvalue weighted by molar-refractivity contribution is 7.47. The summed E-state index contributed by atoms with van der Waals surface area (Å²) in [6.07, 6.45) is 44.6. The van der Waals surface area contributed by atoms with Crippen molar-refractivity contribution in [3.63, 3.8) is 0 Å². The van der Waals surface area contributed by atoms with Gasteiger partial charge in [-0.25, -0.2) is 9.13 Å². The summed E-state index contributed by atoms with van der Waals surface area (Å²) >= 11 is 0. The molecule has 3 N–H and O–H groups in total. The van der Waals surface area contributed by atoms with Gasteiger partial charge in [-0.2, -0.15) is 0 Å². The van der Waals surface area contributed by atoms with Crippen molar-refractivity contribution in [2.75, 3.05) is 39.6 Å². The lowest BCUT2D eigenvalue weighted by Crippen LogP contribution is -2.30. The van der Waals surface area contributed by atoms with Crippen LogP contribution in [0.25, 0.3) is 0 Å². The van der Waals surface area contributed by atoms with Gasteiger partial charge in [0.25, 0.3) is 0 Å². The molecule has 0 aliphatic carbocycles. The average Bonchev–Trinajstić information content (AvgIpc) is 3.22. The van der Waals surface area contributed by atoms with Gasteiger partial charge in [0.1, 0.15) is 19.3 Å². The maximum Gasteiger partial charge on any atom is 0.472 e. The SMILES string of the molecule is CCC(C)CCCCCCCCCCCCCCCCC(=O)OC[C@H](COP(=O)(O)OCC(O)COP(=O)(O)OC[C@@H](COC(=O)CCCCCCCCCC(C)C)OC(=O)CCCCCCCCCC(C)C)OC(=O)CCCCCCCCCCCCC(C)C. The van der Waals surface area contributed by atoms with Gasteiger partial charge in [0.05, 0.1) is 26.4 Å². The topological polar surface area (TPSA) is 237 Å². The lowest BCUT2D eigenvalue weighted by atomic mass is 9.99. The van der Waals surface area contributed by atoms with E-state index in [-0.39, 0.29) is 25.7 Å². The van der Waals surface area contributed by atoms with Gasteiger partial charge in [-0.3, -0.25) is 37.3 Å². The highest BCUT2D eigenvalue weighted by Crippen LogP contribution is 2.45. The molecule has 19 heteroatoms. The van der Waals surface area contributed by atoms with Gasteiger partial charge in [0, 0.05) is 25.7 Å². The molecule has 0 rings (SSSR count). The highest BCUT2D eigenvalue weighted by Gasteiger charge is 2.30. The van der Waals surface area contributed by atoms with Crippen LogP contribution in [0.4, 0.5) is 0 Å². The molecular weight excluding hydrogens is 1200 g/mol. The molecule has 6 atom stereocenters. The van der Waals surface area contributed by atoms with E-state index in [2.05, 4.69) is 55.4 Å². The molecule has 91 heavy (non-hydrogen) atoms. The number of carbonyl (C=O) groups is 4. The number of phosphoric ester groups is 2. The van der Waals surface area contributed by atoms with Crippen LogP contribution in [0, 0.1) is 23.7 Å². The monoisotopic (exact) mass is 1340 g/mol. The van der Waals surface area contributed by atoms with Crippen LogP contribution < -0.4 is 0 Å². The summed E-state index contributed by atoms with van der Waals surface area (Å²) < 4.78 is 68.3. The predicted octanol–water partition coefficient (Wildman–Crippen LogP) is 20.5. The molecule has 0 aromatic carbocycles. The van der Waals surface area contributed by atoms with Crippen molar-refractivity contribution >= 4 is 39.5 Å². The van der Waals surface area contributed by atoms with E-state index in [9.17, 15) is 43.2 Å². The van der Waals surface area contributed by atoms with Gasteiger partial charge in [0.2, 0.25) is 0 Å². The van der Waals surface area contributed by atoms with Crippen molar-refractivity contribution in [3.05, 3.63) is 0 Å². The van der Waals surface area contributed by atoms with E-state index in [4.69, 9.17) is 37.0 Å².